The normalized spacial score (nSPS) is 22.3. The van der Waals surface area contributed by atoms with Crippen molar-refractivity contribution in [1.29, 1.82) is 0 Å². The fraction of sp³-hybridized carbons (Fsp3) is 0.625. The predicted octanol–water partition coefficient (Wildman–Crippen LogP) is 4.62. The summed E-state index contributed by atoms with van der Waals surface area (Å²) >= 11 is 6.12. The lowest BCUT2D eigenvalue weighted by Crippen LogP contribution is -2.26. The van der Waals surface area contributed by atoms with Crippen molar-refractivity contribution in [3.8, 4) is 0 Å². The van der Waals surface area contributed by atoms with E-state index in [0.717, 1.165) is 22.7 Å². The summed E-state index contributed by atoms with van der Waals surface area (Å²) in [6, 6.07) is 4.55. The molecule has 0 aromatic carbocycles. The van der Waals surface area contributed by atoms with E-state index in [4.69, 9.17) is 16.6 Å². The van der Waals surface area contributed by atoms with E-state index < -0.39 is 0 Å². The van der Waals surface area contributed by atoms with Crippen LogP contribution in [-0.4, -0.2) is 14.5 Å². The minimum atomic E-state index is 0.396. The summed E-state index contributed by atoms with van der Waals surface area (Å²) in [6.45, 7) is 6.75. The highest BCUT2D eigenvalue weighted by atomic mass is 35.5. The third-order valence-corrected chi connectivity index (χ3v) is 4.65. The van der Waals surface area contributed by atoms with Crippen molar-refractivity contribution >= 4 is 22.8 Å². The predicted molar refractivity (Wildman–Crippen MR) is 83.1 cm³/mol. The zero-order chi connectivity index (χ0) is 14.3. The van der Waals surface area contributed by atoms with E-state index in [1.807, 2.05) is 13.0 Å². The quantitative estimate of drug-likeness (QED) is 0.756. The van der Waals surface area contributed by atoms with Gasteiger partial charge in [-0.25, -0.2) is 9.97 Å². The first-order valence-electron chi connectivity index (χ1n) is 7.40. The number of fused-ring (bicyclic) bond motifs is 1. The van der Waals surface area contributed by atoms with Crippen LogP contribution in [0.25, 0.3) is 11.2 Å². The van der Waals surface area contributed by atoms with Crippen molar-refractivity contribution in [2.24, 2.45) is 5.41 Å². The van der Waals surface area contributed by atoms with Crippen molar-refractivity contribution in [1.82, 2.24) is 14.5 Å². The van der Waals surface area contributed by atoms with Crippen LogP contribution in [-0.2, 0) is 5.88 Å². The number of imidazole rings is 1. The fourth-order valence-corrected chi connectivity index (χ4v) is 3.66. The Kier molecular flexibility index (Phi) is 3.49. The van der Waals surface area contributed by atoms with Gasteiger partial charge in [0.05, 0.1) is 5.88 Å². The molecule has 1 fully saturated rings. The molecule has 0 radical (unpaired) electrons. The summed E-state index contributed by atoms with van der Waals surface area (Å²) in [5.74, 6) is 1.41. The number of halogens is 1. The van der Waals surface area contributed by atoms with Gasteiger partial charge in [0, 0.05) is 11.7 Å². The Morgan fingerprint density at radius 3 is 2.85 bits per heavy atom. The van der Waals surface area contributed by atoms with Crippen LogP contribution in [0.1, 0.15) is 57.1 Å². The summed E-state index contributed by atoms with van der Waals surface area (Å²) in [4.78, 5) is 9.37. The van der Waals surface area contributed by atoms with Gasteiger partial charge in [0.25, 0.3) is 0 Å². The van der Waals surface area contributed by atoms with Crippen LogP contribution in [0.4, 0.5) is 0 Å². The van der Waals surface area contributed by atoms with Gasteiger partial charge in [-0.15, -0.1) is 11.6 Å². The van der Waals surface area contributed by atoms with E-state index in [-0.39, 0.29) is 0 Å². The average Bonchev–Trinajstić information content (AvgIpc) is 2.75. The highest BCUT2D eigenvalue weighted by Crippen LogP contribution is 2.42. The van der Waals surface area contributed by atoms with Crippen molar-refractivity contribution in [3.05, 3.63) is 23.7 Å². The molecule has 1 saturated carbocycles. The summed E-state index contributed by atoms with van der Waals surface area (Å²) in [6.07, 6.45) is 4.95. The number of rotatable bonds is 2. The molecule has 1 unspecified atom stereocenters. The van der Waals surface area contributed by atoms with Gasteiger partial charge >= 0.3 is 0 Å². The molecule has 0 amide bonds. The molecule has 2 aromatic heterocycles. The van der Waals surface area contributed by atoms with Crippen LogP contribution in [0.2, 0.25) is 0 Å². The maximum absolute atomic E-state index is 6.12. The molecular weight excluding hydrogens is 270 g/mol. The van der Waals surface area contributed by atoms with E-state index in [1.165, 1.54) is 25.7 Å². The Balaban J connectivity index is 2.11. The zero-order valence-corrected chi connectivity index (χ0v) is 13.2. The Morgan fingerprint density at radius 2 is 2.15 bits per heavy atom. The maximum Gasteiger partial charge on any atom is 0.160 e. The second-order valence-electron chi connectivity index (χ2n) is 6.74. The highest BCUT2D eigenvalue weighted by molar-refractivity contribution is 6.16. The molecule has 3 rings (SSSR count). The standard InChI is InChI=1S/C16H22ClN3/c1-11-6-7-13-15(18-11)20(14(10-17)19-13)12-5-4-8-16(2,3)9-12/h6-7,12H,4-5,8-10H2,1-3H3. The Labute approximate surface area is 125 Å². The second kappa shape index (κ2) is 5.03. The lowest BCUT2D eigenvalue weighted by atomic mass is 9.75. The number of alkyl halides is 1. The number of pyridine rings is 1. The summed E-state index contributed by atoms with van der Waals surface area (Å²) < 4.78 is 2.30. The Morgan fingerprint density at radius 1 is 1.35 bits per heavy atom. The van der Waals surface area contributed by atoms with Crippen LogP contribution < -0.4 is 0 Å². The van der Waals surface area contributed by atoms with Crippen LogP contribution in [0.3, 0.4) is 0 Å². The minimum absolute atomic E-state index is 0.396. The monoisotopic (exact) mass is 291 g/mol. The first-order valence-corrected chi connectivity index (χ1v) is 7.94. The first kappa shape index (κ1) is 13.9. The molecule has 0 N–H and O–H groups in total. The lowest BCUT2D eigenvalue weighted by Gasteiger charge is -2.36. The molecular formula is C16H22ClN3. The summed E-state index contributed by atoms with van der Waals surface area (Å²) in [7, 11) is 0. The van der Waals surface area contributed by atoms with Crippen molar-refractivity contribution < 1.29 is 0 Å². The largest absolute Gasteiger partial charge is 0.309 e. The van der Waals surface area contributed by atoms with Gasteiger partial charge in [-0.05, 0) is 43.7 Å². The minimum Gasteiger partial charge on any atom is -0.309 e. The molecule has 0 bridgehead atoms. The van der Waals surface area contributed by atoms with Gasteiger partial charge in [0.1, 0.15) is 11.3 Å². The van der Waals surface area contributed by atoms with Gasteiger partial charge in [0.2, 0.25) is 0 Å². The molecule has 4 heteroatoms. The third-order valence-electron chi connectivity index (χ3n) is 4.41. The smallest absolute Gasteiger partial charge is 0.160 e. The van der Waals surface area contributed by atoms with Crippen molar-refractivity contribution in [2.45, 2.75) is 58.4 Å². The number of aryl methyl sites for hydroxylation is 1. The van der Waals surface area contributed by atoms with Crippen LogP contribution in [0, 0.1) is 12.3 Å². The molecule has 0 saturated heterocycles. The van der Waals surface area contributed by atoms with Gasteiger partial charge < -0.3 is 4.57 Å². The molecule has 2 aromatic rings. The topological polar surface area (TPSA) is 30.7 Å². The molecule has 2 heterocycles. The molecule has 1 aliphatic rings. The zero-order valence-electron chi connectivity index (χ0n) is 12.5. The van der Waals surface area contributed by atoms with Crippen molar-refractivity contribution in [3.63, 3.8) is 0 Å². The number of nitrogens with zero attached hydrogens (tertiary/aromatic N) is 3. The molecule has 0 aliphatic heterocycles. The SMILES string of the molecule is Cc1ccc2nc(CCl)n(C3CCCC(C)(C)C3)c2n1. The van der Waals surface area contributed by atoms with Gasteiger partial charge in [-0.1, -0.05) is 20.3 Å². The number of aromatic nitrogens is 3. The van der Waals surface area contributed by atoms with Gasteiger partial charge in [-0.3, -0.25) is 0 Å². The van der Waals surface area contributed by atoms with Crippen LogP contribution in [0.5, 0.6) is 0 Å². The van der Waals surface area contributed by atoms with E-state index >= 15 is 0 Å². The number of hydrogen-bond donors (Lipinski definition) is 0. The number of hydrogen-bond acceptors (Lipinski definition) is 2. The second-order valence-corrected chi connectivity index (χ2v) is 7.01. The Hall–Kier alpha value is -1.09. The molecule has 0 spiro atoms. The average molecular weight is 292 g/mol. The maximum atomic E-state index is 6.12. The fourth-order valence-electron chi connectivity index (χ4n) is 3.47. The Bertz CT molecular complexity index is 630. The summed E-state index contributed by atoms with van der Waals surface area (Å²) in [5.41, 5.74) is 3.40. The van der Waals surface area contributed by atoms with E-state index in [0.29, 0.717) is 17.3 Å². The van der Waals surface area contributed by atoms with Crippen LogP contribution >= 0.6 is 11.6 Å². The van der Waals surface area contributed by atoms with Gasteiger partial charge in [0.15, 0.2) is 5.65 Å². The van der Waals surface area contributed by atoms with Crippen molar-refractivity contribution in [2.75, 3.05) is 0 Å². The molecule has 1 aliphatic carbocycles. The van der Waals surface area contributed by atoms with Crippen LogP contribution in [0.15, 0.2) is 12.1 Å². The molecule has 20 heavy (non-hydrogen) atoms. The van der Waals surface area contributed by atoms with E-state index in [2.05, 4.69) is 29.5 Å². The van der Waals surface area contributed by atoms with Gasteiger partial charge in [-0.2, -0.15) is 0 Å². The van der Waals surface area contributed by atoms with E-state index in [1.54, 1.807) is 0 Å². The molecule has 1 atom stereocenters. The third kappa shape index (κ3) is 2.44. The first-order chi connectivity index (χ1) is 9.50. The molecule has 3 nitrogen and oxygen atoms in total. The molecule has 108 valence electrons. The summed E-state index contributed by atoms with van der Waals surface area (Å²) in [5, 5.41) is 0. The lowest BCUT2D eigenvalue weighted by molar-refractivity contribution is 0.184. The van der Waals surface area contributed by atoms with E-state index in [9.17, 15) is 0 Å². The highest BCUT2D eigenvalue weighted by Gasteiger charge is 2.31.